The van der Waals surface area contributed by atoms with Gasteiger partial charge < -0.3 is 4.74 Å². The largest absolute Gasteiger partial charge is 0.461 e. The molecule has 1 N–H and O–H groups in total. The van der Waals surface area contributed by atoms with Gasteiger partial charge in [0.05, 0.1) is 12.3 Å². The first-order valence-corrected chi connectivity index (χ1v) is 4.97. The summed E-state index contributed by atoms with van der Waals surface area (Å²) in [6.45, 7) is 3.37. The second-order valence-electron chi connectivity index (χ2n) is 3.16. The standard InChI is InChI=1S/C11H12F2N2O2/c1-3-17-11(16)7(2)14-15-8-4-5-9(12)10(13)6-8/h4-6,15H,3H2,1-2H3. The van der Waals surface area contributed by atoms with Gasteiger partial charge in [-0.1, -0.05) is 0 Å². The second kappa shape index (κ2) is 5.93. The number of esters is 1. The molecule has 1 aromatic rings. The third kappa shape index (κ3) is 3.82. The molecule has 92 valence electrons. The van der Waals surface area contributed by atoms with Crippen molar-refractivity contribution in [2.24, 2.45) is 5.10 Å². The fraction of sp³-hybridized carbons (Fsp3) is 0.273. The number of anilines is 1. The molecule has 0 aliphatic heterocycles. The number of nitrogens with zero attached hydrogens (tertiary/aromatic N) is 1. The van der Waals surface area contributed by atoms with Gasteiger partial charge in [-0.25, -0.2) is 13.6 Å². The first kappa shape index (κ1) is 13.1. The van der Waals surface area contributed by atoms with Crippen LogP contribution in [0, 0.1) is 11.6 Å². The highest BCUT2D eigenvalue weighted by Crippen LogP contribution is 2.12. The van der Waals surface area contributed by atoms with Gasteiger partial charge in [-0.15, -0.1) is 0 Å². The summed E-state index contributed by atoms with van der Waals surface area (Å²) in [4.78, 5) is 11.2. The van der Waals surface area contributed by atoms with E-state index >= 15 is 0 Å². The average Bonchev–Trinajstić information content (AvgIpc) is 2.30. The molecule has 0 spiro atoms. The van der Waals surface area contributed by atoms with E-state index in [9.17, 15) is 13.6 Å². The van der Waals surface area contributed by atoms with Crippen LogP contribution in [0.3, 0.4) is 0 Å². The molecule has 0 radical (unpaired) electrons. The fourth-order valence-electron chi connectivity index (χ4n) is 0.995. The SMILES string of the molecule is CCOC(=O)C(C)=NNc1ccc(F)c(F)c1. The maximum absolute atomic E-state index is 12.8. The van der Waals surface area contributed by atoms with Crippen LogP contribution in [0.4, 0.5) is 14.5 Å². The summed E-state index contributed by atoms with van der Waals surface area (Å²) in [5, 5.41) is 3.69. The predicted octanol–water partition coefficient (Wildman–Crippen LogP) is 2.32. The lowest BCUT2D eigenvalue weighted by atomic mass is 10.3. The van der Waals surface area contributed by atoms with Crippen molar-refractivity contribution in [1.29, 1.82) is 0 Å². The van der Waals surface area contributed by atoms with Gasteiger partial charge in [0, 0.05) is 6.07 Å². The molecule has 0 aliphatic carbocycles. The Morgan fingerprint density at radius 3 is 2.71 bits per heavy atom. The molecule has 0 saturated heterocycles. The summed E-state index contributed by atoms with van der Waals surface area (Å²) in [5.74, 6) is -2.50. The number of hydrazone groups is 1. The van der Waals surface area contributed by atoms with E-state index in [2.05, 4.69) is 10.5 Å². The smallest absolute Gasteiger partial charge is 0.354 e. The molecule has 0 fully saturated rings. The minimum atomic E-state index is -0.987. The molecule has 0 amide bonds. The molecule has 0 aliphatic rings. The first-order chi connectivity index (χ1) is 8.04. The van der Waals surface area contributed by atoms with Crippen LogP contribution in [0.1, 0.15) is 13.8 Å². The average molecular weight is 242 g/mol. The Kier molecular flexibility index (Phi) is 4.56. The van der Waals surface area contributed by atoms with Crippen LogP contribution in [0.5, 0.6) is 0 Å². The summed E-state index contributed by atoms with van der Waals surface area (Å²) < 4.78 is 30.1. The van der Waals surface area contributed by atoms with Crippen molar-refractivity contribution in [2.45, 2.75) is 13.8 Å². The van der Waals surface area contributed by atoms with Crippen molar-refractivity contribution in [1.82, 2.24) is 0 Å². The lowest BCUT2D eigenvalue weighted by molar-refractivity contribution is -0.135. The quantitative estimate of drug-likeness (QED) is 0.500. The van der Waals surface area contributed by atoms with Gasteiger partial charge >= 0.3 is 5.97 Å². The maximum Gasteiger partial charge on any atom is 0.354 e. The minimum absolute atomic E-state index is 0.0941. The van der Waals surface area contributed by atoms with Gasteiger partial charge in [0.15, 0.2) is 11.6 Å². The van der Waals surface area contributed by atoms with Crippen LogP contribution in [0.2, 0.25) is 0 Å². The summed E-state index contributed by atoms with van der Waals surface area (Å²) in [7, 11) is 0. The van der Waals surface area contributed by atoms with Crippen molar-refractivity contribution in [3.8, 4) is 0 Å². The minimum Gasteiger partial charge on any atom is -0.461 e. The van der Waals surface area contributed by atoms with E-state index in [0.717, 1.165) is 12.1 Å². The van der Waals surface area contributed by atoms with E-state index in [-0.39, 0.29) is 18.0 Å². The van der Waals surface area contributed by atoms with Gasteiger partial charge in [-0.05, 0) is 26.0 Å². The van der Waals surface area contributed by atoms with Crippen molar-refractivity contribution in [3.05, 3.63) is 29.8 Å². The van der Waals surface area contributed by atoms with E-state index in [1.165, 1.54) is 13.0 Å². The van der Waals surface area contributed by atoms with E-state index in [1.807, 2.05) is 0 Å². The lowest BCUT2D eigenvalue weighted by Gasteiger charge is -2.03. The van der Waals surface area contributed by atoms with Gasteiger partial charge in [0.25, 0.3) is 0 Å². The Balaban J connectivity index is 2.69. The van der Waals surface area contributed by atoms with Crippen molar-refractivity contribution in [3.63, 3.8) is 0 Å². The van der Waals surface area contributed by atoms with Crippen LogP contribution in [0.15, 0.2) is 23.3 Å². The molecule has 0 aromatic heterocycles. The Labute approximate surface area is 97.3 Å². The highest BCUT2D eigenvalue weighted by atomic mass is 19.2. The Morgan fingerprint density at radius 2 is 2.12 bits per heavy atom. The normalized spacial score (nSPS) is 11.2. The van der Waals surface area contributed by atoms with Gasteiger partial charge in [0.1, 0.15) is 5.71 Å². The van der Waals surface area contributed by atoms with E-state index < -0.39 is 17.6 Å². The van der Waals surface area contributed by atoms with Crippen LogP contribution < -0.4 is 5.43 Å². The summed E-state index contributed by atoms with van der Waals surface area (Å²) in [6, 6.07) is 3.21. The summed E-state index contributed by atoms with van der Waals surface area (Å²) >= 11 is 0. The molecule has 0 bridgehead atoms. The molecule has 0 heterocycles. The summed E-state index contributed by atoms with van der Waals surface area (Å²) in [6.07, 6.45) is 0. The summed E-state index contributed by atoms with van der Waals surface area (Å²) in [5.41, 5.74) is 2.77. The molecular formula is C11H12F2N2O2. The Bertz CT molecular complexity index is 447. The van der Waals surface area contributed by atoms with Gasteiger partial charge in [-0.2, -0.15) is 5.10 Å². The highest BCUT2D eigenvalue weighted by molar-refractivity contribution is 6.35. The third-order valence-electron chi connectivity index (χ3n) is 1.84. The second-order valence-corrected chi connectivity index (χ2v) is 3.16. The van der Waals surface area contributed by atoms with Crippen molar-refractivity contribution in [2.75, 3.05) is 12.0 Å². The number of hydrogen-bond donors (Lipinski definition) is 1. The topological polar surface area (TPSA) is 50.7 Å². The van der Waals surface area contributed by atoms with E-state index in [4.69, 9.17) is 4.74 Å². The molecule has 0 saturated carbocycles. The predicted molar refractivity (Wildman–Crippen MR) is 59.7 cm³/mol. The zero-order valence-corrected chi connectivity index (χ0v) is 9.46. The lowest BCUT2D eigenvalue weighted by Crippen LogP contribution is -2.15. The molecule has 1 aromatic carbocycles. The monoisotopic (exact) mass is 242 g/mol. The van der Waals surface area contributed by atoms with Crippen molar-refractivity contribution < 1.29 is 18.3 Å². The molecule has 6 heteroatoms. The van der Waals surface area contributed by atoms with E-state index in [1.54, 1.807) is 6.92 Å². The van der Waals surface area contributed by atoms with E-state index in [0.29, 0.717) is 0 Å². The van der Waals surface area contributed by atoms with Gasteiger partial charge in [0.2, 0.25) is 0 Å². The molecule has 0 atom stereocenters. The number of benzene rings is 1. The third-order valence-corrected chi connectivity index (χ3v) is 1.84. The molecule has 4 nitrogen and oxygen atoms in total. The molecule has 0 unspecified atom stereocenters. The number of carbonyl (C=O) groups is 1. The molecule has 1 rings (SSSR count). The number of halogens is 2. The van der Waals surface area contributed by atoms with Crippen LogP contribution in [0.25, 0.3) is 0 Å². The Morgan fingerprint density at radius 1 is 1.41 bits per heavy atom. The van der Waals surface area contributed by atoms with Crippen LogP contribution in [-0.4, -0.2) is 18.3 Å². The van der Waals surface area contributed by atoms with Crippen LogP contribution in [-0.2, 0) is 9.53 Å². The number of ether oxygens (including phenoxy) is 1. The zero-order valence-electron chi connectivity index (χ0n) is 9.46. The first-order valence-electron chi connectivity index (χ1n) is 4.97. The van der Waals surface area contributed by atoms with Crippen LogP contribution >= 0.6 is 0 Å². The number of hydrogen-bond acceptors (Lipinski definition) is 4. The molecule has 17 heavy (non-hydrogen) atoms. The Hall–Kier alpha value is -1.98. The number of carbonyl (C=O) groups excluding carboxylic acids is 1. The van der Waals surface area contributed by atoms with Gasteiger partial charge in [-0.3, -0.25) is 5.43 Å². The fourth-order valence-corrected chi connectivity index (χ4v) is 0.995. The maximum atomic E-state index is 12.8. The number of rotatable bonds is 4. The molecular weight excluding hydrogens is 230 g/mol. The highest BCUT2D eigenvalue weighted by Gasteiger charge is 2.06. The zero-order chi connectivity index (χ0) is 12.8. The number of nitrogens with one attached hydrogen (secondary N) is 1. The van der Waals surface area contributed by atoms with Crippen molar-refractivity contribution >= 4 is 17.4 Å².